The van der Waals surface area contributed by atoms with Gasteiger partial charge >= 0.3 is 0 Å². The molecule has 0 aliphatic heterocycles. The van der Waals surface area contributed by atoms with Gasteiger partial charge in [-0.1, -0.05) is 25.4 Å². The molecule has 3 N–H and O–H groups in total. The van der Waals surface area contributed by atoms with E-state index in [0.29, 0.717) is 22.2 Å². The highest BCUT2D eigenvalue weighted by molar-refractivity contribution is 7.85. The molecular formula is C13H19ClN2O2S. The normalized spacial score (nSPS) is 13.8. The van der Waals surface area contributed by atoms with E-state index in [1.54, 1.807) is 18.2 Å². The summed E-state index contributed by atoms with van der Waals surface area (Å²) >= 11 is 5.95. The molecule has 19 heavy (non-hydrogen) atoms. The number of carbonyl (C=O) groups is 1. The first-order valence-electron chi connectivity index (χ1n) is 6.16. The second kappa shape index (κ2) is 7.50. The Bertz CT molecular complexity index is 480. The molecule has 1 amide bonds. The highest BCUT2D eigenvalue weighted by Crippen LogP contribution is 2.24. The Morgan fingerprint density at radius 3 is 2.79 bits per heavy atom. The van der Waals surface area contributed by atoms with Crippen LogP contribution in [0.2, 0.25) is 5.02 Å². The van der Waals surface area contributed by atoms with Gasteiger partial charge in [-0.2, -0.15) is 0 Å². The Hall–Kier alpha value is -1.07. The molecule has 0 saturated heterocycles. The number of anilines is 2. The van der Waals surface area contributed by atoms with Crippen LogP contribution in [0.15, 0.2) is 18.2 Å². The average molecular weight is 303 g/mol. The van der Waals surface area contributed by atoms with Crippen molar-refractivity contribution in [3.8, 4) is 0 Å². The van der Waals surface area contributed by atoms with Crippen molar-refractivity contribution < 1.29 is 9.00 Å². The zero-order valence-corrected chi connectivity index (χ0v) is 12.7. The molecule has 2 unspecified atom stereocenters. The number of benzene rings is 1. The fourth-order valence-electron chi connectivity index (χ4n) is 1.43. The minimum atomic E-state index is -0.966. The summed E-state index contributed by atoms with van der Waals surface area (Å²) in [7, 11) is -0.966. The van der Waals surface area contributed by atoms with E-state index >= 15 is 0 Å². The number of nitrogens with one attached hydrogen (secondary N) is 1. The van der Waals surface area contributed by atoms with Gasteiger partial charge in [0.1, 0.15) is 0 Å². The van der Waals surface area contributed by atoms with Crippen molar-refractivity contribution >= 4 is 39.7 Å². The first-order valence-corrected chi connectivity index (χ1v) is 7.92. The SMILES string of the molecule is CCC(C)S(=O)CCC(=O)Nc1ccc(N)cc1Cl. The Balaban J connectivity index is 2.49. The number of hydrogen-bond acceptors (Lipinski definition) is 3. The molecule has 0 heterocycles. The lowest BCUT2D eigenvalue weighted by molar-refractivity contribution is -0.115. The molecule has 0 spiro atoms. The summed E-state index contributed by atoms with van der Waals surface area (Å²) in [5.41, 5.74) is 6.63. The van der Waals surface area contributed by atoms with Crippen LogP contribution < -0.4 is 11.1 Å². The Kier molecular flexibility index (Phi) is 6.31. The zero-order chi connectivity index (χ0) is 14.4. The second-order valence-corrected chi connectivity index (χ2v) is 6.72. The standard InChI is InChI=1S/C13H19ClN2O2S/c1-3-9(2)19(18)7-6-13(17)16-12-5-4-10(15)8-11(12)14/h4-5,8-9H,3,6-7,15H2,1-2H3,(H,16,17). The Labute approximate surface area is 121 Å². The molecule has 0 radical (unpaired) electrons. The van der Waals surface area contributed by atoms with Crippen molar-refractivity contribution in [1.82, 2.24) is 0 Å². The number of rotatable bonds is 6. The summed E-state index contributed by atoms with van der Waals surface area (Å²) in [6.45, 7) is 3.90. The Morgan fingerprint density at radius 1 is 1.53 bits per heavy atom. The van der Waals surface area contributed by atoms with Crippen LogP contribution in [0.25, 0.3) is 0 Å². The maximum atomic E-state index is 11.7. The molecular weight excluding hydrogens is 284 g/mol. The van der Waals surface area contributed by atoms with E-state index in [4.69, 9.17) is 17.3 Å². The summed E-state index contributed by atoms with van der Waals surface area (Å²) < 4.78 is 11.7. The fourth-order valence-corrected chi connectivity index (χ4v) is 2.82. The second-order valence-electron chi connectivity index (χ2n) is 4.34. The number of nitrogens with two attached hydrogens (primary N) is 1. The number of amides is 1. The van der Waals surface area contributed by atoms with Crippen molar-refractivity contribution in [2.45, 2.75) is 31.9 Å². The largest absolute Gasteiger partial charge is 0.399 e. The third-order valence-electron chi connectivity index (χ3n) is 2.82. The van der Waals surface area contributed by atoms with E-state index in [9.17, 15) is 9.00 Å². The van der Waals surface area contributed by atoms with Crippen LogP contribution in [0.5, 0.6) is 0 Å². The van der Waals surface area contributed by atoms with Crippen molar-refractivity contribution in [3.05, 3.63) is 23.2 Å². The van der Waals surface area contributed by atoms with Crippen molar-refractivity contribution in [2.75, 3.05) is 16.8 Å². The van der Waals surface area contributed by atoms with Crippen LogP contribution >= 0.6 is 11.6 Å². The predicted molar refractivity (Wildman–Crippen MR) is 81.9 cm³/mol. The third-order valence-corrected chi connectivity index (χ3v) is 4.97. The van der Waals surface area contributed by atoms with Gasteiger partial charge < -0.3 is 11.1 Å². The minimum absolute atomic E-state index is 0.118. The smallest absolute Gasteiger partial charge is 0.225 e. The summed E-state index contributed by atoms with van der Waals surface area (Å²) in [4.78, 5) is 11.7. The van der Waals surface area contributed by atoms with E-state index in [1.165, 1.54) is 0 Å². The summed E-state index contributed by atoms with van der Waals surface area (Å²) in [5.74, 6) is 0.177. The van der Waals surface area contributed by atoms with Gasteiger partial charge in [0.15, 0.2) is 0 Å². The molecule has 0 bridgehead atoms. The molecule has 2 atom stereocenters. The molecule has 0 saturated carbocycles. The molecule has 106 valence electrons. The van der Waals surface area contributed by atoms with Gasteiger partial charge in [-0.25, -0.2) is 0 Å². The van der Waals surface area contributed by atoms with Crippen molar-refractivity contribution in [2.24, 2.45) is 0 Å². The molecule has 4 nitrogen and oxygen atoms in total. The van der Waals surface area contributed by atoms with Crippen LogP contribution in [-0.2, 0) is 15.6 Å². The molecule has 1 aromatic carbocycles. The predicted octanol–water partition coefficient (Wildman–Crippen LogP) is 2.80. The number of halogens is 1. The third kappa shape index (κ3) is 5.20. The van der Waals surface area contributed by atoms with Crippen molar-refractivity contribution in [3.63, 3.8) is 0 Å². The van der Waals surface area contributed by atoms with Gasteiger partial charge in [0.05, 0.1) is 10.7 Å². The summed E-state index contributed by atoms with van der Waals surface area (Å²) in [5, 5.41) is 3.21. The zero-order valence-electron chi connectivity index (χ0n) is 11.1. The molecule has 1 rings (SSSR count). The molecule has 0 aliphatic carbocycles. The van der Waals surface area contributed by atoms with Gasteiger partial charge in [-0.3, -0.25) is 9.00 Å². The maximum Gasteiger partial charge on any atom is 0.225 e. The summed E-state index contributed by atoms with van der Waals surface area (Å²) in [6, 6.07) is 4.90. The van der Waals surface area contributed by atoms with Gasteiger partial charge in [0, 0.05) is 33.9 Å². The van der Waals surface area contributed by atoms with Crippen LogP contribution in [0.1, 0.15) is 26.7 Å². The lowest BCUT2D eigenvalue weighted by Crippen LogP contribution is -2.19. The maximum absolute atomic E-state index is 11.7. The number of nitrogen functional groups attached to an aromatic ring is 1. The van der Waals surface area contributed by atoms with Gasteiger partial charge in [-0.15, -0.1) is 0 Å². The van der Waals surface area contributed by atoms with E-state index < -0.39 is 10.8 Å². The molecule has 1 aromatic rings. The molecule has 0 aromatic heterocycles. The quantitative estimate of drug-likeness (QED) is 0.794. The molecule has 0 aliphatic rings. The molecule has 0 fully saturated rings. The lowest BCUT2D eigenvalue weighted by Gasteiger charge is -2.10. The van der Waals surface area contributed by atoms with Gasteiger partial charge in [0.2, 0.25) is 5.91 Å². The first-order chi connectivity index (χ1) is 8.93. The average Bonchev–Trinajstić information content (AvgIpc) is 2.38. The van der Waals surface area contributed by atoms with E-state index in [-0.39, 0.29) is 17.6 Å². The minimum Gasteiger partial charge on any atom is -0.399 e. The van der Waals surface area contributed by atoms with Crippen molar-refractivity contribution in [1.29, 1.82) is 0 Å². The van der Waals surface area contributed by atoms with Gasteiger partial charge in [0.25, 0.3) is 0 Å². The van der Waals surface area contributed by atoms with Crippen LogP contribution in [0, 0.1) is 0 Å². The van der Waals surface area contributed by atoms with E-state index in [1.807, 2.05) is 13.8 Å². The lowest BCUT2D eigenvalue weighted by atomic mass is 10.3. The summed E-state index contributed by atoms with van der Waals surface area (Å²) in [6.07, 6.45) is 1.07. The van der Waals surface area contributed by atoms with Gasteiger partial charge in [-0.05, 0) is 24.6 Å². The topological polar surface area (TPSA) is 72.2 Å². The van der Waals surface area contributed by atoms with Crippen LogP contribution in [-0.4, -0.2) is 21.1 Å². The monoisotopic (exact) mass is 302 g/mol. The molecule has 6 heteroatoms. The first kappa shape index (κ1) is 16.0. The number of carbonyl (C=O) groups excluding carboxylic acids is 1. The Morgan fingerprint density at radius 2 is 2.21 bits per heavy atom. The van der Waals surface area contributed by atoms with E-state index in [2.05, 4.69) is 5.32 Å². The van der Waals surface area contributed by atoms with Crippen LogP contribution in [0.3, 0.4) is 0 Å². The van der Waals surface area contributed by atoms with Crippen LogP contribution in [0.4, 0.5) is 11.4 Å². The fraction of sp³-hybridized carbons (Fsp3) is 0.462. The van der Waals surface area contributed by atoms with E-state index in [0.717, 1.165) is 6.42 Å². The highest BCUT2D eigenvalue weighted by atomic mass is 35.5. The highest BCUT2D eigenvalue weighted by Gasteiger charge is 2.12. The number of hydrogen-bond donors (Lipinski definition) is 2.